The highest BCUT2D eigenvalue weighted by Crippen LogP contribution is 2.24. The number of hydrogen-bond donors (Lipinski definition) is 1. The molecule has 2 rings (SSSR count). The molecule has 18 heavy (non-hydrogen) atoms. The number of nitrogens with zero attached hydrogens (tertiary/aromatic N) is 2. The molecule has 0 saturated carbocycles. The van der Waals surface area contributed by atoms with Crippen LogP contribution in [0.15, 0.2) is 17.8 Å². The van der Waals surface area contributed by atoms with E-state index in [1.807, 2.05) is 0 Å². The standard InChI is InChI=1S/C10H13N3O4S/c1-2-17-10(14)8-9(11)13(6-12-8)7-3-4-18(15,16)5-7/h3-4,6-7H,2,5,11H2,1H3. The Morgan fingerprint density at radius 3 is 2.94 bits per heavy atom. The van der Waals surface area contributed by atoms with E-state index in [4.69, 9.17) is 10.5 Å². The molecule has 98 valence electrons. The van der Waals surface area contributed by atoms with Crippen LogP contribution >= 0.6 is 0 Å². The zero-order valence-corrected chi connectivity index (χ0v) is 10.6. The molecule has 7 nitrogen and oxygen atoms in total. The molecule has 0 radical (unpaired) electrons. The molecule has 0 saturated heterocycles. The molecule has 0 spiro atoms. The molecule has 2 heterocycles. The molecule has 1 aliphatic heterocycles. The molecule has 1 aliphatic rings. The predicted molar refractivity (Wildman–Crippen MR) is 64.6 cm³/mol. The fourth-order valence-corrected chi connectivity index (χ4v) is 3.00. The summed E-state index contributed by atoms with van der Waals surface area (Å²) < 4.78 is 28.9. The van der Waals surface area contributed by atoms with Crippen LogP contribution in [0.1, 0.15) is 23.5 Å². The van der Waals surface area contributed by atoms with Crippen LogP contribution in [-0.4, -0.2) is 36.3 Å². The van der Waals surface area contributed by atoms with Crippen LogP contribution in [0.2, 0.25) is 0 Å². The lowest BCUT2D eigenvalue weighted by Gasteiger charge is -2.10. The van der Waals surface area contributed by atoms with E-state index < -0.39 is 21.8 Å². The highest BCUT2D eigenvalue weighted by Gasteiger charge is 2.27. The number of allylic oxidation sites excluding steroid dienone is 1. The van der Waals surface area contributed by atoms with E-state index in [9.17, 15) is 13.2 Å². The van der Waals surface area contributed by atoms with Crippen molar-refractivity contribution in [3.63, 3.8) is 0 Å². The minimum atomic E-state index is -3.18. The van der Waals surface area contributed by atoms with Gasteiger partial charge in [-0.2, -0.15) is 0 Å². The first-order chi connectivity index (χ1) is 8.44. The van der Waals surface area contributed by atoms with Crippen LogP contribution in [-0.2, 0) is 14.6 Å². The van der Waals surface area contributed by atoms with E-state index in [1.54, 1.807) is 6.92 Å². The summed E-state index contributed by atoms with van der Waals surface area (Å²) in [5, 5.41) is 1.14. The van der Waals surface area contributed by atoms with Crippen LogP contribution in [0, 0.1) is 0 Å². The van der Waals surface area contributed by atoms with E-state index in [-0.39, 0.29) is 23.9 Å². The number of carbonyl (C=O) groups is 1. The summed E-state index contributed by atoms with van der Waals surface area (Å²) in [5.74, 6) is -0.575. The van der Waals surface area contributed by atoms with Crippen molar-refractivity contribution in [3.05, 3.63) is 23.5 Å². The number of carbonyl (C=O) groups excluding carboxylic acids is 1. The van der Waals surface area contributed by atoms with Gasteiger partial charge in [-0.15, -0.1) is 0 Å². The maximum atomic E-state index is 11.5. The van der Waals surface area contributed by atoms with Crippen molar-refractivity contribution in [1.82, 2.24) is 9.55 Å². The quantitative estimate of drug-likeness (QED) is 0.783. The zero-order chi connectivity index (χ0) is 13.3. The Balaban J connectivity index is 2.27. The Hall–Kier alpha value is -1.83. The van der Waals surface area contributed by atoms with Gasteiger partial charge in [0.2, 0.25) is 0 Å². The fourth-order valence-electron chi connectivity index (χ4n) is 1.72. The molecule has 0 bridgehead atoms. The fraction of sp³-hybridized carbons (Fsp3) is 0.400. The van der Waals surface area contributed by atoms with Crippen molar-refractivity contribution < 1.29 is 17.9 Å². The van der Waals surface area contributed by atoms with Crippen molar-refractivity contribution >= 4 is 21.6 Å². The molecule has 1 aromatic rings. The third-order valence-corrected chi connectivity index (χ3v) is 3.95. The van der Waals surface area contributed by atoms with Crippen LogP contribution in [0.4, 0.5) is 5.82 Å². The zero-order valence-electron chi connectivity index (χ0n) is 9.74. The van der Waals surface area contributed by atoms with Crippen molar-refractivity contribution in [2.45, 2.75) is 13.0 Å². The maximum Gasteiger partial charge on any atom is 0.360 e. The van der Waals surface area contributed by atoms with Crippen LogP contribution in [0.5, 0.6) is 0 Å². The largest absolute Gasteiger partial charge is 0.461 e. The van der Waals surface area contributed by atoms with Crippen molar-refractivity contribution in [2.24, 2.45) is 0 Å². The summed E-state index contributed by atoms with van der Waals surface area (Å²) in [6.07, 6.45) is 2.86. The molecular formula is C10H13N3O4S. The Bertz CT molecular complexity index is 603. The van der Waals surface area contributed by atoms with Gasteiger partial charge in [0, 0.05) is 5.41 Å². The summed E-state index contributed by atoms with van der Waals surface area (Å²) in [4.78, 5) is 15.4. The molecule has 0 aliphatic carbocycles. The van der Waals surface area contributed by atoms with E-state index in [0.29, 0.717) is 0 Å². The molecule has 0 fully saturated rings. The Morgan fingerprint density at radius 1 is 1.67 bits per heavy atom. The molecule has 1 aromatic heterocycles. The molecular weight excluding hydrogens is 258 g/mol. The number of rotatable bonds is 3. The SMILES string of the molecule is CCOC(=O)c1ncn(C2C=CS(=O)(=O)C2)c1N. The third-order valence-electron chi connectivity index (χ3n) is 2.57. The number of ether oxygens (including phenoxy) is 1. The highest BCUT2D eigenvalue weighted by molar-refractivity contribution is 7.94. The van der Waals surface area contributed by atoms with Gasteiger partial charge in [-0.1, -0.05) is 0 Å². The average molecular weight is 271 g/mol. The van der Waals surface area contributed by atoms with Gasteiger partial charge in [0.1, 0.15) is 5.82 Å². The molecule has 0 aromatic carbocycles. The van der Waals surface area contributed by atoms with Crippen LogP contribution in [0.25, 0.3) is 0 Å². The number of anilines is 1. The normalized spacial score (nSPS) is 21.1. The summed E-state index contributed by atoms with van der Waals surface area (Å²) in [6.45, 7) is 1.90. The first kappa shape index (κ1) is 12.6. The number of esters is 1. The van der Waals surface area contributed by atoms with E-state index in [2.05, 4.69) is 4.98 Å². The Kier molecular flexibility index (Phi) is 3.12. The second kappa shape index (κ2) is 4.45. The first-order valence-electron chi connectivity index (χ1n) is 5.35. The van der Waals surface area contributed by atoms with Gasteiger partial charge >= 0.3 is 5.97 Å². The van der Waals surface area contributed by atoms with Gasteiger partial charge in [0.05, 0.1) is 24.7 Å². The summed E-state index contributed by atoms with van der Waals surface area (Å²) in [5.41, 5.74) is 5.78. The van der Waals surface area contributed by atoms with Gasteiger partial charge in [0.15, 0.2) is 15.5 Å². The average Bonchev–Trinajstić information content (AvgIpc) is 2.82. The minimum absolute atomic E-state index is 0.00884. The van der Waals surface area contributed by atoms with Crippen molar-refractivity contribution in [3.8, 4) is 0 Å². The second-order valence-electron chi connectivity index (χ2n) is 3.83. The van der Waals surface area contributed by atoms with Gasteiger partial charge in [-0.25, -0.2) is 18.2 Å². The number of sulfone groups is 1. The molecule has 1 atom stereocenters. The van der Waals surface area contributed by atoms with Gasteiger partial charge in [-0.3, -0.25) is 0 Å². The Labute approximate surface area is 104 Å². The first-order valence-corrected chi connectivity index (χ1v) is 7.06. The number of nitrogens with two attached hydrogens (primary N) is 1. The van der Waals surface area contributed by atoms with Gasteiger partial charge < -0.3 is 15.0 Å². The topological polar surface area (TPSA) is 104 Å². The highest BCUT2D eigenvalue weighted by atomic mass is 32.2. The molecule has 8 heteroatoms. The number of nitrogen functional groups attached to an aromatic ring is 1. The van der Waals surface area contributed by atoms with E-state index in [1.165, 1.54) is 17.0 Å². The number of aromatic nitrogens is 2. The van der Waals surface area contributed by atoms with Gasteiger partial charge in [0.25, 0.3) is 0 Å². The monoisotopic (exact) mass is 271 g/mol. The molecule has 0 amide bonds. The van der Waals surface area contributed by atoms with E-state index in [0.717, 1.165) is 5.41 Å². The Morgan fingerprint density at radius 2 is 2.39 bits per heavy atom. The van der Waals surface area contributed by atoms with E-state index >= 15 is 0 Å². The van der Waals surface area contributed by atoms with Gasteiger partial charge in [-0.05, 0) is 13.0 Å². The second-order valence-corrected chi connectivity index (χ2v) is 5.76. The molecule has 2 N–H and O–H groups in total. The maximum absolute atomic E-state index is 11.5. The lowest BCUT2D eigenvalue weighted by Crippen LogP contribution is -2.15. The minimum Gasteiger partial charge on any atom is -0.461 e. The summed E-state index contributed by atoms with van der Waals surface area (Å²) in [6, 6.07) is -0.425. The molecule has 1 unspecified atom stereocenters. The predicted octanol–water partition coefficient (Wildman–Crippen LogP) is 0.125. The number of imidazole rings is 1. The van der Waals surface area contributed by atoms with Crippen LogP contribution < -0.4 is 5.73 Å². The summed E-state index contributed by atoms with van der Waals surface area (Å²) >= 11 is 0. The smallest absolute Gasteiger partial charge is 0.360 e. The van der Waals surface area contributed by atoms with Crippen molar-refractivity contribution in [1.29, 1.82) is 0 Å². The third kappa shape index (κ3) is 2.23. The summed E-state index contributed by atoms with van der Waals surface area (Å²) in [7, 11) is -3.18. The number of hydrogen-bond acceptors (Lipinski definition) is 6. The lowest BCUT2D eigenvalue weighted by atomic mass is 10.3. The van der Waals surface area contributed by atoms with Crippen LogP contribution in [0.3, 0.4) is 0 Å². The lowest BCUT2D eigenvalue weighted by molar-refractivity contribution is 0.0521. The van der Waals surface area contributed by atoms with Crippen molar-refractivity contribution in [2.75, 3.05) is 18.1 Å².